The average molecular weight is 879 g/mol. The summed E-state index contributed by atoms with van der Waals surface area (Å²) in [6.45, 7) is 14.9. The molecular weight excluding hydrogens is 773 g/mol. The number of hydrogen-bond donors (Lipinski definition) is 2. The zero-order chi connectivity index (χ0) is 45.1. The lowest BCUT2D eigenvalue weighted by atomic mass is 9.92. The maximum Gasteiger partial charge on any atom is 0.305 e. The maximum absolute atomic E-state index is 12.8. The molecule has 0 saturated heterocycles. The molecule has 2 N–H and O–H groups in total. The number of aliphatic hydroxyl groups is 2. The number of aliphatic hydroxyl groups excluding tert-OH is 2. The second kappa shape index (κ2) is 43.7. The van der Waals surface area contributed by atoms with Crippen molar-refractivity contribution in [3.63, 3.8) is 0 Å². The first-order valence-electron chi connectivity index (χ1n) is 27.4. The van der Waals surface area contributed by atoms with Crippen molar-refractivity contribution in [1.29, 1.82) is 0 Å². The molecule has 1 aliphatic rings. The lowest BCUT2D eigenvalue weighted by Crippen LogP contribution is -2.45. The van der Waals surface area contributed by atoms with E-state index in [1.54, 1.807) is 0 Å². The summed E-state index contributed by atoms with van der Waals surface area (Å²) in [5, 5.41) is 20.0. The number of carbonyl (C=O) groups excluding carboxylic acids is 2. The quantitative estimate of drug-likeness (QED) is 0.0461. The summed E-state index contributed by atoms with van der Waals surface area (Å²) >= 11 is 0. The summed E-state index contributed by atoms with van der Waals surface area (Å²) in [6.07, 6.45) is 40.9. The molecule has 0 heterocycles. The minimum absolute atomic E-state index is 0.0283. The molecule has 0 spiro atoms. The topological polar surface area (TPSA) is 99.5 Å². The highest BCUT2D eigenvalue weighted by atomic mass is 16.5. The van der Waals surface area contributed by atoms with Crippen LogP contribution in [0.15, 0.2) is 0 Å². The summed E-state index contributed by atoms with van der Waals surface area (Å²) in [4.78, 5) is 30.7. The van der Waals surface area contributed by atoms with Crippen molar-refractivity contribution in [2.45, 2.75) is 271 Å². The van der Waals surface area contributed by atoms with E-state index < -0.39 is 0 Å². The predicted molar refractivity (Wildman–Crippen MR) is 263 cm³/mol. The van der Waals surface area contributed by atoms with Crippen molar-refractivity contribution < 1.29 is 29.3 Å². The molecule has 8 nitrogen and oxygen atoms in total. The van der Waals surface area contributed by atoms with Crippen LogP contribution in [0.2, 0.25) is 0 Å². The largest absolute Gasteiger partial charge is 0.465 e. The maximum atomic E-state index is 12.8. The molecule has 0 aromatic rings. The van der Waals surface area contributed by atoms with Crippen LogP contribution in [0.5, 0.6) is 0 Å². The van der Waals surface area contributed by atoms with Gasteiger partial charge in [0.2, 0.25) is 0 Å². The minimum atomic E-state index is -0.183. The van der Waals surface area contributed by atoms with Crippen LogP contribution in [0.1, 0.15) is 259 Å². The van der Waals surface area contributed by atoms with E-state index in [0.29, 0.717) is 50.5 Å². The van der Waals surface area contributed by atoms with Crippen molar-refractivity contribution in [2.24, 2.45) is 11.8 Å². The van der Waals surface area contributed by atoms with Crippen molar-refractivity contribution in [1.82, 2.24) is 9.80 Å². The molecule has 1 fully saturated rings. The van der Waals surface area contributed by atoms with Gasteiger partial charge >= 0.3 is 11.9 Å². The molecule has 0 aromatic carbocycles. The highest BCUT2D eigenvalue weighted by Crippen LogP contribution is 2.24. The van der Waals surface area contributed by atoms with Crippen LogP contribution >= 0.6 is 0 Å². The lowest BCUT2D eigenvalue weighted by molar-refractivity contribution is -0.146. The van der Waals surface area contributed by atoms with E-state index in [4.69, 9.17) is 9.47 Å². The van der Waals surface area contributed by atoms with Crippen molar-refractivity contribution in [2.75, 3.05) is 52.5 Å². The molecule has 1 aliphatic carbocycles. The van der Waals surface area contributed by atoms with Gasteiger partial charge in [0, 0.05) is 38.5 Å². The Hall–Kier alpha value is -1.22. The smallest absolute Gasteiger partial charge is 0.305 e. The minimum Gasteiger partial charge on any atom is -0.465 e. The summed E-state index contributed by atoms with van der Waals surface area (Å²) in [5.74, 6) is 0.948. The summed E-state index contributed by atoms with van der Waals surface area (Å²) < 4.78 is 11.8. The van der Waals surface area contributed by atoms with Crippen LogP contribution in [-0.4, -0.2) is 96.6 Å². The second-order valence-electron chi connectivity index (χ2n) is 19.6. The third kappa shape index (κ3) is 35.1. The van der Waals surface area contributed by atoms with E-state index in [0.717, 1.165) is 90.4 Å². The Labute approximate surface area is 385 Å². The van der Waals surface area contributed by atoms with Crippen LogP contribution < -0.4 is 0 Å². The average Bonchev–Trinajstić information content (AvgIpc) is 3.27. The van der Waals surface area contributed by atoms with E-state index in [1.807, 2.05) is 0 Å². The number of carbonyl (C=O) groups is 2. The van der Waals surface area contributed by atoms with Gasteiger partial charge in [-0.05, 0) is 102 Å². The zero-order valence-electron chi connectivity index (χ0n) is 41.8. The Morgan fingerprint density at radius 3 is 1.24 bits per heavy atom. The number of rotatable bonds is 46. The van der Waals surface area contributed by atoms with E-state index >= 15 is 0 Å². The first-order valence-corrected chi connectivity index (χ1v) is 27.4. The molecule has 62 heavy (non-hydrogen) atoms. The Kier molecular flexibility index (Phi) is 41.4. The molecule has 2 atom stereocenters. The molecule has 1 saturated carbocycles. The second-order valence-corrected chi connectivity index (χ2v) is 19.6. The fourth-order valence-electron chi connectivity index (χ4n) is 9.53. The SMILES string of the molecule is CCCCCCCCC(CCCCCC)COC(=O)CCCCCN(CCCCCC(=O)OCC(CCCCCC)CCCCCCCC)CCN(CCO)C1CCC(O)CC1. The Balaban J connectivity index is 2.57. The highest BCUT2D eigenvalue weighted by Gasteiger charge is 2.25. The number of unbranched alkanes of at least 4 members (excludes halogenated alkanes) is 20. The summed E-state index contributed by atoms with van der Waals surface area (Å²) in [6, 6.07) is 0.424. The zero-order valence-corrected chi connectivity index (χ0v) is 41.8. The Morgan fingerprint density at radius 1 is 0.468 bits per heavy atom. The van der Waals surface area contributed by atoms with Gasteiger partial charge in [-0.1, -0.05) is 169 Å². The number of hydrogen-bond acceptors (Lipinski definition) is 8. The van der Waals surface area contributed by atoms with Gasteiger partial charge in [0.25, 0.3) is 0 Å². The molecule has 0 radical (unpaired) electrons. The normalized spacial score (nSPS) is 16.6. The standard InChI is InChI=1S/C54H106N2O6/c1-5-9-13-17-19-25-33-49(31-23-15-11-7-3)47-61-53(59)35-27-21-29-41-55(43-44-56(45-46-57)51-37-39-52(58)40-38-51)42-30-22-28-36-54(60)62-48-50(32-24-16-12-8-4)34-26-20-18-14-10-6-2/h49-52,57-58H,5-48H2,1-4H3. The van der Waals surface area contributed by atoms with E-state index in [9.17, 15) is 19.8 Å². The van der Waals surface area contributed by atoms with Crippen LogP contribution in [0, 0.1) is 11.8 Å². The number of nitrogens with zero attached hydrogens (tertiary/aromatic N) is 2. The van der Waals surface area contributed by atoms with Crippen molar-refractivity contribution in [3.8, 4) is 0 Å². The van der Waals surface area contributed by atoms with Crippen LogP contribution in [0.4, 0.5) is 0 Å². The molecule has 368 valence electrons. The van der Waals surface area contributed by atoms with Gasteiger partial charge in [-0.3, -0.25) is 14.5 Å². The van der Waals surface area contributed by atoms with Crippen LogP contribution in [0.3, 0.4) is 0 Å². The Bertz CT molecular complexity index is 917. The molecule has 0 amide bonds. The third-order valence-corrected chi connectivity index (χ3v) is 13.8. The van der Waals surface area contributed by atoms with E-state index in [2.05, 4.69) is 37.5 Å². The molecule has 8 heteroatoms. The lowest BCUT2D eigenvalue weighted by Gasteiger charge is -2.36. The van der Waals surface area contributed by atoms with E-state index in [1.165, 1.54) is 154 Å². The van der Waals surface area contributed by atoms with Crippen LogP contribution in [0.25, 0.3) is 0 Å². The van der Waals surface area contributed by atoms with Gasteiger partial charge in [0.15, 0.2) is 0 Å². The van der Waals surface area contributed by atoms with E-state index in [-0.39, 0.29) is 24.6 Å². The first-order chi connectivity index (χ1) is 30.4. The summed E-state index contributed by atoms with van der Waals surface area (Å²) in [5.41, 5.74) is 0. The fourth-order valence-corrected chi connectivity index (χ4v) is 9.53. The number of ether oxygens (including phenoxy) is 2. The number of esters is 2. The monoisotopic (exact) mass is 879 g/mol. The predicted octanol–water partition coefficient (Wildman–Crippen LogP) is 13.8. The van der Waals surface area contributed by atoms with Gasteiger partial charge in [-0.15, -0.1) is 0 Å². The fraction of sp³-hybridized carbons (Fsp3) is 0.963. The van der Waals surface area contributed by atoms with Crippen molar-refractivity contribution in [3.05, 3.63) is 0 Å². The molecule has 0 bridgehead atoms. The van der Waals surface area contributed by atoms with Crippen molar-refractivity contribution >= 4 is 11.9 Å². The molecule has 1 rings (SSSR count). The van der Waals surface area contributed by atoms with Gasteiger partial charge in [0.05, 0.1) is 25.9 Å². The highest BCUT2D eigenvalue weighted by molar-refractivity contribution is 5.69. The van der Waals surface area contributed by atoms with Gasteiger partial charge in [-0.2, -0.15) is 0 Å². The van der Waals surface area contributed by atoms with Gasteiger partial charge in [-0.25, -0.2) is 0 Å². The molecule has 2 unspecified atom stereocenters. The first kappa shape index (κ1) is 58.8. The van der Waals surface area contributed by atoms with Crippen LogP contribution in [-0.2, 0) is 19.1 Å². The Morgan fingerprint density at radius 2 is 0.839 bits per heavy atom. The third-order valence-electron chi connectivity index (χ3n) is 13.8. The molecule has 0 aliphatic heterocycles. The van der Waals surface area contributed by atoms with Gasteiger partial charge < -0.3 is 24.6 Å². The molecule has 0 aromatic heterocycles. The van der Waals surface area contributed by atoms with Gasteiger partial charge in [0.1, 0.15) is 0 Å². The molecular formula is C54H106N2O6. The summed E-state index contributed by atoms with van der Waals surface area (Å²) in [7, 11) is 0.